The summed E-state index contributed by atoms with van der Waals surface area (Å²) in [7, 11) is 0. The molecule has 0 aromatic heterocycles. The number of carbonyl (C=O) groups is 1. The summed E-state index contributed by atoms with van der Waals surface area (Å²) in [5.74, 6) is 0.326. The molecule has 3 heteroatoms. The standard InChI is InChI=1S/C19H23NO2/c1-15(11-12-21)14-20-19(22)13-16-7-9-18(10-8-16)17-5-3-2-4-6-17/h2-10,15,21H,11-14H2,1H3,(H,20,22). The fraction of sp³-hybridized carbons (Fsp3) is 0.316. The lowest BCUT2D eigenvalue weighted by atomic mass is 10.0. The van der Waals surface area contributed by atoms with E-state index in [0.717, 1.165) is 11.1 Å². The Balaban J connectivity index is 1.87. The van der Waals surface area contributed by atoms with Crippen molar-refractivity contribution in [2.24, 2.45) is 5.92 Å². The molecule has 0 saturated heterocycles. The molecule has 0 radical (unpaired) electrons. The van der Waals surface area contributed by atoms with Gasteiger partial charge in [-0.05, 0) is 29.0 Å². The molecule has 2 aromatic carbocycles. The lowest BCUT2D eigenvalue weighted by Gasteiger charge is -2.11. The van der Waals surface area contributed by atoms with E-state index in [1.54, 1.807) is 0 Å². The largest absolute Gasteiger partial charge is 0.396 e. The van der Waals surface area contributed by atoms with Gasteiger partial charge in [0.2, 0.25) is 5.91 Å². The Morgan fingerprint density at radius 3 is 2.32 bits per heavy atom. The fourth-order valence-electron chi connectivity index (χ4n) is 2.30. The average molecular weight is 297 g/mol. The van der Waals surface area contributed by atoms with Crippen LogP contribution in [0.25, 0.3) is 11.1 Å². The molecule has 0 aliphatic heterocycles. The Labute approximate surface area is 132 Å². The van der Waals surface area contributed by atoms with Crippen molar-refractivity contribution in [1.29, 1.82) is 0 Å². The van der Waals surface area contributed by atoms with E-state index < -0.39 is 0 Å². The highest BCUT2D eigenvalue weighted by molar-refractivity contribution is 5.78. The predicted molar refractivity (Wildman–Crippen MR) is 89.5 cm³/mol. The van der Waals surface area contributed by atoms with Crippen LogP contribution in [0.3, 0.4) is 0 Å². The molecule has 0 fully saturated rings. The summed E-state index contributed by atoms with van der Waals surface area (Å²) < 4.78 is 0. The summed E-state index contributed by atoms with van der Waals surface area (Å²) in [6, 6.07) is 18.3. The van der Waals surface area contributed by atoms with Gasteiger partial charge in [-0.25, -0.2) is 0 Å². The van der Waals surface area contributed by atoms with Crippen molar-refractivity contribution < 1.29 is 9.90 Å². The third-order valence-electron chi connectivity index (χ3n) is 3.70. The molecule has 116 valence electrons. The van der Waals surface area contributed by atoms with E-state index in [0.29, 0.717) is 25.3 Å². The van der Waals surface area contributed by atoms with Gasteiger partial charge in [-0.2, -0.15) is 0 Å². The van der Waals surface area contributed by atoms with Crippen molar-refractivity contribution in [2.45, 2.75) is 19.8 Å². The van der Waals surface area contributed by atoms with Gasteiger partial charge in [-0.1, -0.05) is 61.5 Å². The first-order valence-corrected chi connectivity index (χ1v) is 7.71. The number of aliphatic hydroxyl groups is 1. The van der Waals surface area contributed by atoms with Gasteiger partial charge in [0.1, 0.15) is 0 Å². The van der Waals surface area contributed by atoms with Gasteiger partial charge in [-0.3, -0.25) is 4.79 Å². The molecule has 0 saturated carbocycles. The number of aliphatic hydroxyl groups excluding tert-OH is 1. The maximum absolute atomic E-state index is 11.9. The van der Waals surface area contributed by atoms with Gasteiger partial charge < -0.3 is 10.4 Å². The smallest absolute Gasteiger partial charge is 0.224 e. The number of amides is 1. The Hall–Kier alpha value is -2.13. The number of benzene rings is 2. The second-order valence-corrected chi connectivity index (χ2v) is 5.66. The normalized spacial score (nSPS) is 11.9. The Kier molecular flexibility index (Phi) is 6.16. The molecule has 0 spiro atoms. The first-order valence-electron chi connectivity index (χ1n) is 7.71. The highest BCUT2D eigenvalue weighted by Gasteiger charge is 2.06. The van der Waals surface area contributed by atoms with Crippen molar-refractivity contribution in [3.8, 4) is 11.1 Å². The predicted octanol–water partition coefficient (Wildman–Crippen LogP) is 3.03. The minimum atomic E-state index is 0.0252. The first-order chi connectivity index (χ1) is 10.7. The van der Waals surface area contributed by atoms with Crippen LogP contribution < -0.4 is 5.32 Å². The van der Waals surface area contributed by atoms with E-state index in [9.17, 15) is 4.79 Å². The zero-order chi connectivity index (χ0) is 15.8. The molecular formula is C19H23NO2. The molecule has 2 N–H and O–H groups in total. The molecule has 0 aliphatic rings. The van der Waals surface area contributed by atoms with E-state index >= 15 is 0 Å². The van der Waals surface area contributed by atoms with Crippen molar-refractivity contribution in [2.75, 3.05) is 13.2 Å². The van der Waals surface area contributed by atoms with E-state index in [1.165, 1.54) is 5.56 Å². The van der Waals surface area contributed by atoms with Crippen LogP contribution in [0.4, 0.5) is 0 Å². The molecule has 22 heavy (non-hydrogen) atoms. The van der Waals surface area contributed by atoms with Crippen LogP contribution in [0.1, 0.15) is 18.9 Å². The topological polar surface area (TPSA) is 49.3 Å². The average Bonchev–Trinajstić information content (AvgIpc) is 2.55. The summed E-state index contributed by atoms with van der Waals surface area (Å²) in [5.41, 5.74) is 3.34. The molecule has 1 unspecified atom stereocenters. The van der Waals surface area contributed by atoms with Crippen molar-refractivity contribution in [3.05, 3.63) is 60.2 Å². The zero-order valence-electron chi connectivity index (χ0n) is 13.0. The molecule has 2 rings (SSSR count). The molecule has 3 nitrogen and oxygen atoms in total. The zero-order valence-corrected chi connectivity index (χ0v) is 13.0. The second-order valence-electron chi connectivity index (χ2n) is 5.66. The number of hydrogen-bond donors (Lipinski definition) is 2. The lowest BCUT2D eigenvalue weighted by Crippen LogP contribution is -2.29. The summed E-state index contributed by atoms with van der Waals surface area (Å²) in [6.07, 6.45) is 1.10. The van der Waals surface area contributed by atoms with Crippen LogP contribution in [0, 0.1) is 5.92 Å². The van der Waals surface area contributed by atoms with Gasteiger partial charge in [0, 0.05) is 13.2 Å². The summed E-state index contributed by atoms with van der Waals surface area (Å²) >= 11 is 0. The van der Waals surface area contributed by atoms with Crippen LogP contribution in [-0.2, 0) is 11.2 Å². The second kappa shape index (κ2) is 8.35. The third-order valence-corrected chi connectivity index (χ3v) is 3.70. The number of hydrogen-bond acceptors (Lipinski definition) is 2. The maximum atomic E-state index is 11.9. The van der Waals surface area contributed by atoms with Gasteiger partial charge >= 0.3 is 0 Å². The number of rotatable bonds is 7. The Bertz CT molecular complexity index is 578. The van der Waals surface area contributed by atoms with Crippen molar-refractivity contribution in [1.82, 2.24) is 5.32 Å². The molecule has 1 amide bonds. The molecule has 0 bridgehead atoms. The van der Waals surface area contributed by atoms with Crippen LogP contribution >= 0.6 is 0 Å². The Morgan fingerprint density at radius 1 is 1.05 bits per heavy atom. The molecule has 0 aliphatic carbocycles. The lowest BCUT2D eigenvalue weighted by molar-refractivity contribution is -0.120. The molecule has 1 atom stereocenters. The van der Waals surface area contributed by atoms with Crippen molar-refractivity contribution >= 4 is 5.91 Å². The maximum Gasteiger partial charge on any atom is 0.224 e. The quantitative estimate of drug-likeness (QED) is 0.825. The monoisotopic (exact) mass is 297 g/mol. The number of carbonyl (C=O) groups excluding carboxylic acids is 1. The first kappa shape index (κ1) is 16.2. The number of nitrogens with one attached hydrogen (secondary N) is 1. The molecule has 0 heterocycles. The summed E-state index contributed by atoms with van der Waals surface area (Å²) in [4.78, 5) is 11.9. The summed E-state index contributed by atoms with van der Waals surface area (Å²) in [5, 5.41) is 11.8. The minimum Gasteiger partial charge on any atom is -0.396 e. The highest BCUT2D eigenvalue weighted by Crippen LogP contribution is 2.19. The third kappa shape index (κ3) is 5.01. The molecular weight excluding hydrogens is 274 g/mol. The SMILES string of the molecule is CC(CCO)CNC(=O)Cc1ccc(-c2ccccc2)cc1. The fourth-order valence-corrected chi connectivity index (χ4v) is 2.30. The van der Waals surface area contributed by atoms with E-state index in [2.05, 4.69) is 17.4 Å². The van der Waals surface area contributed by atoms with E-state index in [1.807, 2.05) is 49.4 Å². The van der Waals surface area contributed by atoms with Crippen LogP contribution in [-0.4, -0.2) is 24.2 Å². The van der Waals surface area contributed by atoms with Crippen LogP contribution in [0.5, 0.6) is 0 Å². The Morgan fingerprint density at radius 2 is 1.68 bits per heavy atom. The van der Waals surface area contributed by atoms with Gasteiger partial charge in [0.25, 0.3) is 0 Å². The van der Waals surface area contributed by atoms with Crippen LogP contribution in [0.15, 0.2) is 54.6 Å². The molecule has 2 aromatic rings. The van der Waals surface area contributed by atoms with E-state index in [-0.39, 0.29) is 12.5 Å². The highest BCUT2D eigenvalue weighted by atomic mass is 16.3. The summed E-state index contributed by atoms with van der Waals surface area (Å²) in [6.45, 7) is 2.80. The van der Waals surface area contributed by atoms with Crippen molar-refractivity contribution in [3.63, 3.8) is 0 Å². The minimum absolute atomic E-state index is 0.0252. The van der Waals surface area contributed by atoms with Gasteiger partial charge in [0.05, 0.1) is 6.42 Å². The van der Waals surface area contributed by atoms with Gasteiger partial charge in [-0.15, -0.1) is 0 Å². The van der Waals surface area contributed by atoms with E-state index in [4.69, 9.17) is 5.11 Å². The van der Waals surface area contributed by atoms with Crippen LogP contribution in [0.2, 0.25) is 0 Å². The van der Waals surface area contributed by atoms with Gasteiger partial charge in [0.15, 0.2) is 0 Å².